The molecule has 3 N–H and O–H groups in total. The number of phenols is 1. The second-order valence-electron chi connectivity index (χ2n) is 8.20. The highest BCUT2D eigenvalue weighted by atomic mass is 79.9. The Morgan fingerprint density at radius 2 is 1.50 bits per heavy atom. The molecule has 2 aliphatic heterocycles. The lowest BCUT2D eigenvalue weighted by molar-refractivity contribution is -0.174. The SMILES string of the molecule is O=C1[C@H]2[C@H](CC=C3[C@H]2C[C@H]2C(=O)N(O)C(=O)[C@H]2[C@H]3c2cc(Br)ccc2O)C(=O)N1O. The zero-order valence-electron chi connectivity index (χ0n) is 15.4. The van der Waals surface area contributed by atoms with E-state index in [0.29, 0.717) is 15.6 Å². The van der Waals surface area contributed by atoms with Crippen LogP contribution in [0.5, 0.6) is 5.75 Å². The summed E-state index contributed by atoms with van der Waals surface area (Å²) in [6, 6.07) is 4.73. The van der Waals surface area contributed by atoms with Crippen LogP contribution < -0.4 is 0 Å². The zero-order valence-corrected chi connectivity index (χ0v) is 17.0. The highest BCUT2D eigenvalue weighted by molar-refractivity contribution is 9.10. The van der Waals surface area contributed by atoms with Crippen LogP contribution in [-0.2, 0) is 19.2 Å². The van der Waals surface area contributed by atoms with Gasteiger partial charge in [0.25, 0.3) is 23.6 Å². The summed E-state index contributed by atoms with van der Waals surface area (Å²) in [5, 5.41) is 30.7. The monoisotopic (exact) mass is 476 g/mol. The van der Waals surface area contributed by atoms with Gasteiger partial charge < -0.3 is 5.11 Å². The molecule has 9 nitrogen and oxygen atoms in total. The molecule has 0 unspecified atom stereocenters. The molecule has 4 aliphatic rings. The van der Waals surface area contributed by atoms with Crippen molar-refractivity contribution in [2.45, 2.75) is 18.8 Å². The van der Waals surface area contributed by atoms with E-state index in [1.165, 1.54) is 6.07 Å². The predicted molar refractivity (Wildman–Crippen MR) is 101 cm³/mol. The molecule has 30 heavy (non-hydrogen) atoms. The van der Waals surface area contributed by atoms with Crippen LogP contribution in [0.4, 0.5) is 0 Å². The number of hydrogen-bond donors (Lipinski definition) is 3. The standard InChI is InChI=1S/C20H17BrN2O7/c21-7-1-4-13(24)11(5-7)14-8-2-3-9-15(19(27)22(29)17(9)25)10(8)6-12-16(14)20(28)23(30)18(12)26/h1-2,4-5,9-10,12,14-16,24,29-30H,3,6H2/t9-,10+,12+,14+,15-,16+/m0/s1. The molecule has 1 aromatic carbocycles. The summed E-state index contributed by atoms with van der Waals surface area (Å²) in [6.45, 7) is 0. The molecule has 2 saturated heterocycles. The number of halogens is 1. The van der Waals surface area contributed by atoms with E-state index in [0.717, 1.165) is 0 Å². The van der Waals surface area contributed by atoms with E-state index >= 15 is 0 Å². The van der Waals surface area contributed by atoms with Gasteiger partial charge in [-0.3, -0.25) is 29.6 Å². The quantitative estimate of drug-likeness (QED) is 0.318. The average Bonchev–Trinajstić information content (AvgIpc) is 3.08. The summed E-state index contributed by atoms with van der Waals surface area (Å²) < 4.78 is 0.648. The van der Waals surface area contributed by atoms with E-state index in [2.05, 4.69) is 15.9 Å². The van der Waals surface area contributed by atoms with Crippen molar-refractivity contribution >= 4 is 39.6 Å². The molecule has 0 bridgehead atoms. The van der Waals surface area contributed by atoms with E-state index in [1.807, 2.05) is 0 Å². The maximum absolute atomic E-state index is 12.8. The van der Waals surface area contributed by atoms with Gasteiger partial charge in [-0.2, -0.15) is 10.1 Å². The Labute approximate surface area is 178 Å². The fourth-order valence-electron chi connectivity index (χ4n) is 5.68. The number of carbonyl (C=O) groups is 4. The van der Waals surface area contributed by atoms with Crippen molar-refractivity contribution in [3.8, 4) is 5.75 Å². The topological polar surface area (TPSA) is 135 Å². The highest BCUT2D eigenvalue weighted by Gasteiger charge is 2.62. The largest absolute Gasteiger partial charge is 0.508 e. The first-order valence-electron chi connectivity index (χ1n) is 9.54. The van der Waals surface area contributed by atoms with Crippen LogP contribution in [-0.4, -0.2) is 49.3 Å². The van der Waals surface area contributed by atoms with Gasteiger partial charge in [0.05, 0.1) is 23.7 Å². The fourth-order valence-corrected chi connectivity index (χ4v) is 6.06. The van der Waals surface area contributed by atoms with Gasteiger partial charge in [0.2, 0.25) is 0 Å². The molecule has 1 aromatic rings. The maximum Gasteiger partial charge on any atom is 0.258 e. The number of allylic oxidation sites excluding steroid dienone is 2. The minimum Gasteiger partial charge on any atom is -0.508 e. The number of imide groups is 2. The Morgan fingerprint density at radius 3 is 2.20 bits per heavy atom. The zero-order chi connectivity index (χ0) is 21.5. The van der Waals surface area contributed by atoms with E-state index in [4.69, 9.17) is 0 Å². The average molecular weight is 477 g/mol. The molecule has 5 rings (SSSR count). The van der Waals surface area contributed by atoms with E-state index < -0.39 is 59.1 Å². The minimum absolute atomic E-state index is 0.0835. The van der Waals surface area contributed by atoms with Crippen LogP contribution in [0.2, 0.25) is 0 Å². The van der Waals surface area contributed by atoms with Crippen LogP contribution in [0.1, 0.15) is 24.3 Å². The van der Waals surface area contributed by atoms with Crippen LogP contribution in [0.3, 0.4) is 0 Å². The number of nitrogens with zero attached hydrogens (tertiary/aromatic N) is 2. The van der Waals surface area contributed by atoms with Gasteiger partial charge in [0.1, 0.15) is 5.75 Å². The predicted octanol–water partition coefficient (Wildman–Crippen LogP) is 1.57. The fraction of sp³-hybridized carbons (Fsp3) is 0.400. The molecule has 0 spiro atoms. The lowest BCUT2D eigenvalue weighted by Gasteiger charge is -2.43. The number of carbonyl (C=O) groups excluding carboxylic acids is 4. The van der Waals surface area contributed by atoms with Crippen LogP contribution in [0.25, 0.3) is 0 Å². The van der Waals surface area contributed by atoms with Crippen molar-refractivity contribution in [1.82, 2.24) is 10.1 Å². The summed E-state index contributed by atoms with van der Waals surface area (Å²) in [5.74, 6) is -7.76. The lowest BCUT2D eigenvalue weighted by Crippen LogP contribution is -2.43. The van der Waals surface area contributed by atoms with Crippen molar-refractivity contribution < 1.29 is 34.7 Å². The third-order valence-corrected chi connectivity index (χ3v) is 7.42. The Morgan fingerprint density at radius 1 is 0.867 bits per heavy atom. The molecule has 6 atom stereocenters. The molecule has 0 aromatic heterocycles. The molecule has 2 heterocycles. The first-order chi connectivity index (χ1) is 14.2. The van der Waals surface area contributed by atoms with Crippen molar-refractivity contribution in [2.24, 2.45) is 29.6 Å². The Balaban J connectivity index is 1.69. The molecule has 10 heteroatoms. The smallest absolute Gasteiger partial charge is 0.258 e. The van der Waals surface area contributed by atoms with Crippen molar-refractivity contribution in [2.75, 3.05) is 0 Å². The van der Waals surface area contributed by atoms with Crippen LogP contribution in [0.15, 0.2) is 34.3 Å². The molecule has 2 aliphatic carbocycles. The van der Waals surface area contributed by atoms with Crippen LogP contribution in [0, 0.1) is 29.6 Å². The van der Waals surface area contributed by atoms with Gasteiger partial charge in [-0.1, -0.05) is 27.6 Å². The summed E-state index contributed by atoms with van der Waals surface area (Å²) in [4.78, 5) is 50.3. The van der Waals surface area contributed by atoms with Gasteiger partial charge in [-0.05, 0) is 37.0 Å². The summed E-state index contributed by atoms with van der Waals surface area (Å²) in [7, 11) is 0. The summed E-state index contributed by atoms with van der Waals surface area (Å²) in [5.41, 5.74) is 1.06. The van der Waals surface area contributed by atoms with Crippen molar-refractivity contribution in [3.63, 3.8) is 0 Å². The number of phenolic OH excluding ortho intramolecular Hbond substituents is 1. The van der Waals surface area contributed by atoms with E-state index in [-0.39, 0.29) is 28.7 Å². The Bertz CT molecular complexity index is 1050. The van der Waals surface area contributed by atoms with Gasteiger partial charge >= 0.3 is 0 Å². The van der Waals surface area contributed by atoms with E-state index in [1.54, 1.807) is 18.2 Å². The molecule has 1 saturated carbocycles. The van der Waals surface area contributed by atoms with Gasteiger partial charge in [0, 0.05) is 16.0 Å². The van der Waals surface area contributed by atoms with Gasteiger partial charge in [0.15, 0.2) is 0 Å². The minimum atomic E-state index is -0.931. The van der Waals surface area contributed by atoms with Gasteiger partial charge in [-0.25, -0.2) is 0 Å². The molecule has 156 valence electrons. The maximum atomic E-state index is 12.8. The second kappa shape index (κ2) is 6.47. The Hall–Kier alpha value is -2.56. The third-order valence-electron chi connectivity index (χ3n) is 6.93. The highest BCUT2D eigenvalue weighted by Crippen LogP contribution is 2.58. The lowest BCUT2D eigenvalue weighted by atomic mass is 9.57. The number of rotatable bonds is 1. The summed E-state index contributed by atoms with van der Waals surface area (Å²) >= 11 is 3.35. The molecule has 4 amide bonds. The Kier molecular flexibility index (Phi) is 4.18. The van der Waals surface area contributed by atoms with Crippen molar-refractivity contribution in [3.05, 3.63) is 39.9 Å². The summed E-state index contributed by atoms with van der Waals surface area (Å²) in [6.07, 6.45) is 2.07. The number of amides is 4. The van der Waals surface area contributed by atoms with Crippen LogP contribution >= 0.6 is 15.9 Å². The number of benzene rings is 1. The van der Waals surface area contributed by atoms with Crippen molar-refractivity contribution in [1.29, 1.82) is 0 Å². The van der Waals surface area contributed by atoms with E-state index in [9.17, 15) is 34.7 Å². The first kappa shape index (κ1) is 19.4. The molecular weight excluding hydrogens is 460 g/mol. The number of fused-ring (bicyclic) bond motifs is 4. The normalized spacial score (nSPS) is 35.4. The molecule has 0 radical (unpaired) electrons. The number of hydrogen-bond acceptors (Lipinski definition) is 7. The molecular formula is C20H17BrN2O7. The van der Waals surface area contributed by atoms with Gasteiger partial charge in [-0.15, -0.1) is 0 Å². The number of aromatic hydroxyl groups is 1. The molecule has 3 fully saturated rings. The number of hydroxylamine groups is 4. The second-order valence-corrected chi connectivity index (χ2v) is 9.12. The third kappa shape index (κ3) is 2.41. The first-order valence-corrected chi connectivity index (χ1v) is 10.3.